The zero-order valence-corrected chi connectivity index (χ0v) is 13.6. The van der Waals surface area contributed by atoms with E-state index in [1.165, 1.54) is 0 Å². The van der Waals surface area contributed by atoms with Gasteiger partial charge in [-0.05, 0) is 0 Å². The Morgan fingerprint density at radius 1 is 1.14 bits per heavy atom. The summed E-state index contributed by atoms with van der Waals surface area (Å²) in [5.41, 5.74) is 3.28. The highest BCUT2D eigenvalue weighted by Crippen LogP contribution is 2.29. The monoisotopic (exact) mass is 398 g/mol. The van der Waals surface area contributed by atoms with Crippen LogP contribution < -0.4 is 21.3 Å². The van der Waals surface area contributed by atoms with Crippen LogP contribution in [0.25, 0.3) is 5.69 Å². The summed E-state index contributed by atoms with van der Waals surface area (Å²) in [4.78, 5) is 46.1. The summed E-state index contributed by atoms with van der Waals surface area (Å²) in [6.45, 7) is -1.72. The van der Waals surface area contributed by atoms with E-state index >= 15 is 0 Å². The number of aromatic nitrogens is 1. The van der Waals surface area contributed by atoms with Crippen molar-refractivity contribution in [2.24, 2.45) is 0 Å². The number of nitrogens with two attached hydrogens (primary N) is 1. The summed E-state index contributed by atoms with van der Waals surface area (Å²) in [7, 11) is 0. The first-order chi connectivity index (χ1) is 13.0. The van der Waals surface area contributed by atoms with E-state index in [0.717, 1.165) is 24.3 Å². The number of alkyl halides is 3. The van der Waals surface area contributed by atoms with Gasteiger partial charge in [-0.25, -0.2) is 0 Å². The Bertz CT molecular complexity index is 1090. The molecule has 0 fully saturated rings. The number of carbonyl (C=O) groups excluding carboxylic acids is 2. The molecule has 1 aliphatic rings. The van der Waals surface area contributed by atoms with Crippen molar-refractivity contribution in [3.63, 3.8) is 0 Å². The molecule has 0 atom stereocenters. The molecular weight excluding hydrogens is 389 g/mol. The van der Waals surface area contributed by atoms with Gasteiger partial charge < -0.3 is 10.5 Å². The minimum absolute atomic E-state index is 0.275. The average Bonchev–Trinajstić information content (AvgIpc) is 2.86. The maximum absolute atomic E-state index is 12.4. The molecule has 0 bridgehead atoms. The van der Waals surface area contributed by atoms with Crippen molar-refractivity contribution in [2.75, 3.05) is 12.3 Å². The number of rotatable bonds is 4. The van der Waals surface area contributed by atoms with Gasteiger partial charge in [0.25, 0.3) is 23.1 Å². The fourth-order valence-electron chi connectivity index (χ4n) is 2.60. The van der Waals surface area contributed by atoms with E-state index in [-0.39, 0.29) is 16.8 Å². The van der Waals surface area contributed by atoms with Crippen LogP contribution in [-0.2, 0) is 0 Å². The highest BCUT2D eigenvalue weighted by molar-refractivity contribution is 6.23. The largest absolute Gasteiger partial charge is 0.484 e. The molecule has 3 rings (SSSR count). The Balaban J connectivity index is 2.19. The van der Waals surface area contributed by atoms with Gasteiger partial charge in [-0.2, -0.15) is 13.2 Å². The van der Waals surface area contributed by atoms with Gasteiger partial charge in [0.15, 0.2) is 6.61 Å². The van der Waals surface area contributed by atoms with E-state index in [2.05, 4.69) is 4.74 Å². The lowest BCUT2D eigenvalue weighted by atomic mass is 10.1. The highest BCUT2D eigenvalue weighted by Gasteiger charge is 2.32. The second-order valence-electron chi connectivity index (χ2n) is 5.62. The Hall–Kier alpha value is -3.90. The molecule has 1 aliphatic heterocycles. The summed E-state index contributed by atoms with van der Waals surface area (Å²) in [6, 6.07) is 3.30. The predicted octanol–water partition coefficient (Wildman–Crippen LogP) is 1.15. The van der Waals surface area contributed by atoms with Crippen molar-refractivity contribution in [3.8, 4) is 11.4 Å². The summed E-state index contributed by atoms with van der Waals surface area (Å²) >= 11 is 0. The summed E-state index contributed by atoms with van der Waals surface area (Å²) in [5.74, 6) is -2.78. The fourth-order valence-corrected chi connectivity index (χ4v) is 2.60. The number of anilines is 1. The number of pyridine rings is 1. The normalized spacial score (nSPS) is 13.2. The van der Waals surface area contributed by atoms with E-state index in [1.54, 1.807) is 0 Å². The van der Waals surface area contributed by atoms with E-state index in [9.17, 15) is 37.7 Å². The van der Waals surface area contributed by atoms with Crippen LogP contribution in [0.4, 0.5) is 24.7 Å². The molecule has 0 unspecified atom stereocenters. The average molecular weight is 398 g/mol. The third-order valence-electron chi connectivity index (χ3n) is 3.70. The van der Waals surface area contributed by atoms with Crippen LogP contribution in [0.5, 0.6) is 5.75 Å². The maximum Gasteiger partial charge on any atom is 0.422 e. The minimum atomic E-state index is -4.70. The number of amides is 2. The molecule has 1 aromatic carbocycles. The summed E-state index contributed by atoms with van der Waals surface area (Å²) in [6.07, 6.45) is -4.70. The Labute approximate surface area is 152 Å². The van der Waals surface area contributed by atoms with Crippen LogP contribution in [0.3, 0.4) is 0 Å². The maximum atomic E-state index is 12.4. The second kappa shape index (κ2) is 6.37. The van der Waals surface area contributed by atoms with E-state index in [1.807, 2.05) is 5.32 Å². The number of benzene rings is 1. The van der Waals surface area contributed by atoms with Gasteiger partial charge in [0.2, 0.25) is 0 Å². The zero-order valence-electron chi connectivity index (χ0n) is 13.6. The number of nitrogens with one attached hydrogen (secondary N) is 1. The number of carbonyl (C=O) groups is 2. The van der Waals surface area contributed by atoms with Gasteiger partial charge in [0, 0.05) is 18.2 Å². The fraction of sp³-hybridized carbons (Fsp3) is 0.133. The van der Waals surface area contributed by atoms with Gasteiger partial charge in [0.1, 0.15) is 11.6 Å². The van der Waals surface area contributed by atoms with Crippen LogP contribution in [-0.4, -0.2) is 34.1 Å². The highest BCUT2D eigenvalue weighted by atomic mass is 19.4. The van der Waals surface area contributed by atoms with E-state index in [0.29, 0.717) is 4.57 Å². The first-order valence-electron chi connectivity index (χ1n) is 7.38. The lowest BCUT2D eigenvalue weighted by Crippen LogP contribution is -2.24. The quantitative estimate of drug-likeness (QED) is 0.446. The van der Waals surface area contributed by atoms with Gasteiger partial charge >= 0.3 is 6.18 Å². The third-order valence-corrected chi connectivity index (χ3v) is 3.70. The molecule has 2 aromatic rings. The van der Waals surface area contributed by atoms with Crippen LogP contribution in [0.15, 0.2) is 29.1 Å². The molecule has 3 N–H and O–H groups in total. The topological polar surface area (TPSA) is 147 Å². The zero-order chi connectivity index (χ0) is 20.8. The first-order valence-corrected chi connectivity index (χ1v) is 7.38. The molecule has 0 saturated carbocycles. The van der Waals surface area contributed by atoms with Crippen molar-refractivity contribution in [1.82, 2.24) is 9.88 Å². The van der Waals surface area contributed by atoms with Crippen LogP contribution in [0.1, 0.15) is 20.7 Å². The third kappa shape index (κ3) is 3.36. The molecule has 0 saturated heterocycles. The lowest BCUT2D eigenvalue weighted by Gasteiger charge is -2.14. The predicted molar refractivity (Wildman–Crippen MR) is 86.5 cm³/mol. The van der Waals surface area contributed by atoms with Crippen molar-refractivity contribution in [2.45, 2.75) is 6.18 Å². The molecule has 2 heterocycles. The molecule has 0 radical (unpaired) electrons. The molecule has 1 aromatic heterocycles. The molecule has 146 valence electrons. The number of hydrogen-bond donors (Lipinski definition) is 2. The number of nitrogens with zero attached hydrogens (tertiary/aromatic N) is 2. The number of nitro groups is 1. The lowest BCUT2D eigenvalue weighted by molar-refractivity contribution is -0.384. The first kappa shape index (κ1) is 18.9. The van der Waals surface area contributed by atoms with Crippen LogP contribution in [0.2, 0.25) is 0 Å². The Kier molecular flexibility index (Phi) is 4.29. The number of nitrogen functional groups attached to an aromatic ring is 1. The van der Waals surface area contributed by atoms with Gasteiger partial charge in [0.05, 0.1) is 27.8 Å². The number of fused-ring (bicyclic) bond motifs is 1. The van der Waals surface area contributed by atoms with E-state index < -0.39 is 52.3 Å². The second-order valence-corrected chi connectivity index (χ2v) is 5.62. The molecular formula is C15H9F3N4O6. The molecule has 28 heavy (non-hydrogen) atoms. The Morgan fingerprint density at radius 3 is 2.43 bits per heavy atom. The van der Waals surface area contributed by atoms with Crippen LogP contribution in [0, 0.1) is 10.1 Å². The van der Waals surface area contributed by atoms with Crippen LogP contribution >= 0.6 is 0 Å². The number of imide groups is 1. The smallest absolute Gasteiger partial charge is 0.422 e. The minimum Gasteiger partial charge on any atom is -0.484 e. The van der Waals surface area contributed by atoms with E-state index in [4.69, 9.17) is 5.73 Å². The SMILES string of the molecule is Nc1c2c(cc(=O)n1-c1cc(OCC(F)(F)F)cc([N+](=O)[O-])c1)C(=O)NC2=O. The van der Waals surface area contributed by atoms with Crippen molar-refractivity contribution >= 4 is 23.3 Å². The Morgan fingerprint density at radius 2 is 1.82 bits per heavy atom. The van der Waals surface area contributed by atoms with Gasteiger partial charge in [-0.1, -0.05) is 0 Å². The molecule has 0 aliphatic carbocycles. The summed E-state index contributed by atoms with van der Waals surface area (Å²) < 4.78 is 42.3. The van der Waals surface area contributed by atoms with Crippen molar-refractivity contribution in [1.29, 1.82) is 0 Å². The standard InChI is InChI=1S/C15H9F3N4O6/c16-15(17,18)5-28-8-2-6(1-7(3-8)22(26)27)21-10(23)4-9-11(12(21)19)14(25)20-13(9)24/h1-4H,5,19H2,(H,20,24,25). The number of ether oxygens (including phenoxy) is 1. The van der Waals surface area contributed by atoms with Crippen molar-refractivity contribution < 1.29 is 32.4 Å². The number of nitro benzene ring substituents is 1. The molecule has 10 nitrogen and oxygen atoms in total. The van der Waals surface area contributed by atoms with Gasteiger partial charge in [-0.3, -0.25) is 34.4 Å². The van der Waals surface area contributed by atoms with Crippen molar-refractivity contribution in [3.05, 3.63) is 55.9 Å². The molecule has 13 heteroatoms. The number of hydrogen-bond acceptors (Lipinski definition) is 7. The molecule has 0 spiro atoms. The van der Waals surface area contributed by atoms with Gasteiger partial charge in [-0.15, -0.1) is 0 Å². The number of halogens is 3. The number of non-ortho nitro benzene ring substituents is 1. The summed E-state index contributed by atoms with van der Waals surface area (Å²) in [5, 5.41) is 13.0. The molecule has 2 amide bonds.